The van der Waals surface area contributed by atoms with E-state index >= 15 is 0 Å². The van der Waals surface area contributed by atoms with E-state index in [0.717, 1.165) is 48.3 Å². The van der Waals surface area contributed by atoms with Gasteiger partial charge in [-0.25, -0.2) is 4.98 Å². The Hall–Kier alpha value is -1.96. The number of likely N-dealkylation sites (N-methyl/N-ethyl adjacent to an activating group) is 1. The Bertz CT molecular complexity index is 893. The lowest BCUT2D eigenvalue weighted by molar-refractivity contribution is 0.127. The first-order valence-electron chi connectivity index (χ1n) is 9.13. The Kier molecular flexibility index (Phi) is 4.69. The minimum Gasteiger partial charge on any atom is -0.492 e. The third-order valence-electron chi connectivity index (χ3n) is 5.10. The van der Waals surface area contributed by atoms with Gasteiger partial charge in [-0.05, 0) is 19.5 Å². The SMILES string of the molecule is CCc1nc2sc([C@H](c3ccc(C)cc3)N3CCN(C)CC3)c(O)n2n1. The van der Waals surface area contributed by atoms with E-state index in [4.69, 9.17) is 0 Å². The highest BCUT2D eigenvalue weighted by atomic mass is 32.1. The third-order valence-corrected chi connectivity index (χ3v) is 6.18. The van der Waals surface area contributed by atoms with Gasteiger partial charge in [0.15, 0.2) is 5.82 Å². The maximum Gasteiger partial charge on any atom is 0.230 e. The number of thiazole rings is 1. The summed E-state index contributed by atoms with van der Waals surface area (Å²) in [5.41, 5.74) is 2.45. The van der Waals surface area contributed by atoms with Gasteiger partial charge < -0.3 is 10.0 Å². The van der Waals surface area contributed by atoms with Gasteiger partial charge in [0.25, 0.3) is 0 Å². The molecule has 2 aromatic heterocycles. The number of benzene rings is 1. The van der Waals surface area contributed by atoms with Crippen molar-refractivity contribution >= 4 is 16.3 Å². The van der Waals surface area contributed by atoms with E-state index in [1.54, 1.807) is 15.9 Å². The van der Waals surface area contributed by atoms with Gasteiger partial charge in [0.05, 0.1) is 10.9 Å². The fourth-order valence-corrected chi connectivity index (χ4v) is 4.61. The zero-order valence-electron chi connectivity index (χ0n) is 15.5. The third kappa shape index (κ3) is 3.11. The molecule has 1 aliphatic rings. The molecule has 1 saturated heterocycles. The van der Waals surface area contributed by atoms with Crippen molar-refractivity contribution in [2.45, 2.75) is 26.3 Å². The number of piperazine rings is 1. The molecule has 1 aromatic carbocycles. The number of aryl methyl sites for hydroxylation is 2. The van der Waals surface area contributed by atoms with E-state index in [2.05, 4.69) is 58.1 Å². The summed E-state index contributed by atoms with van der Waals surface area (Å²) in [5, 5.41) is 15.3. The van der Waals surface area contributed by atoms with Crippen LogP contribution in [0.15, 0.2) is 24.3 Å². The van der Waals surface area contributed by atoms with E-state index < -0.39 is 0 Å². The van der Waals surface area contributed by atoms with E-state index in [1.165, 1.54) is 11.1 Å². The molecule has 138 valence electrons. The number of hydrogen-bond donors (Lipinski definition) is 1. The van der Waals surface area contributed by atoms with Crippen LogP contribution in [0.25, 0.3) is 4.96 Å². The smallest absolute Gasteiger partial charge is 0.230 e. The van der Waals surface area contributed by atoms with E-state index in [-0.39, 0.29) is 11.9 Å². The summed E-state index contributed by atoms with van der Waals surface area (Å²) in [7, 11) is 2.16. The number of hydrogen-bond acceptors (Lipinski definition) is 6. The Labute approximate surface area is 157 Å². The van der Waals surface area contributed by atoms with Gasteiger partial charge >= 0.3 is 0 Å². The molecule has 3 aromatic rings. The summed E-state index contributed by atoms with van der Waals surface area (Å²) in [4.78, 5) is 11.0. The standard InChI is InChI=1S/C19H25N5OS/c1-4-15-20-19-24(21-15)18(25)17(26-19)16(14-7-5-13(2)6-8-14)23-11-9-22(3)10-12-23/h5-8,16,25H,4,9-12H2,1-3H3/t16-/m0/s1. The lowest BCUT2D eigenvalue weighted by atomic mass is 10.0. The van der Waals surface area contributed by atoms with Crippen molar-refractivity contribution in [2.75, 3.05) is 33.2 Å². The quantitative estimate of drug-likeness (QED) is 0.764. The molecule has 0 aliphatic carbocycles. The van der Waals surface area contributed by atoms with Gasteiger partial charge in [0, 0.05) is 32.6 Å². The molecule has 0 spiro atoms. The summed E-state index contributed by atoms with van der Waals surface area (Å²) < 4.78 is 1.59. The van der Waals surface area contributed by atoms with Crippen molar-refractivity contribution < 1.29 is 5.11 Å². The van der Waals surface area contributed by atoms with Crippen LogP contribution in [0.5, 0.6) is 5.88 Å². The molecular weight excluding hydrogens is 346 g/mol. The molecule has 1 fully saturated rings. The zero-order chi connectivity index (χ0) is 18.3. The van der Waals surface area contributed by atoms with Gasteiger partial charge in [-0.15, -0.1) is 5.10 Å². The topological polar surface area (TPSA) is 56.9 Å². The molecule has 1 N–H and O–H groups in total. The van der Waals surface area contributed by atoms with Crippen LogP contribution >= 0.6 is 11.3 Å². The van der Waals surface area contributed by atoms with Crippen molar-refractivity contribution in [3.8, 4) is 5.88 Å². The molecule has 1 aliphatic heterocycles. The molecule has 1 atom stereocenters. The maximum atomic E-state index is 10.9. The normalized spacial score (nSPS) is 17.8. The van der Waals surface area contributed by atoms with Crippen molar-refractivity contribution in [1.82, 2.24) is 24.4 Å². The van der Waals surface area contributed by atoms with Crippen LogP contribution in [-0.2, 0) is 6.42 Å². The highest BCUT2D eigenvalue weighted by Gasteiger charge is 2.31. The highest BCUT2D eigenvalue weighted by Crippen LogP contribution is 2.40. The largest absolute Gasteiger partial charge is 0.492 e. The van der Waals surface area contributed by atoms with Crippen molar-refractivity contribution in [3.63, 3.8) is 0 Å². The molecule has 26 heavy (non-hydrogen) atoms. The summed E-state index contributed by atoms with van der Waals surface area (Å²) in [5.74, 6) is 0.992. The molecule has 7 heteroatoms. The second-order valence-corrected chi connectivity index (χ2v) is 8.03. The molecule has 6 nitrogen and oxygen atoms in total. The molecule has 4 rings (SSSR count). The van der Waals surface area contributed by atoms with Gasteiger partial charge in [-0.3, -0.25) is 4.90 Å². The van der Waals surface area contributed by atoms with Crippen LogP contribution in [0.4, 0.5) is 0 Å². The first-order valence-corrected chi connectivity index (χ1v) is 9.95. The van der Waals surface area contributed by atoms with Crippen molar-refractivity contribution in [2.24, 2.45) is 0 Å². The Morgan fingerprint density at radius 3 is 2.46 bits per heavy atom. The van der Waals surface area contributed by atoms with E-state index in [1.807, 2.05) is 6.92 Å². The second-order valence-electron chi connectivity index (χ2n) is 7.02. The summed E-state index contributed by atoms with van der Waals surface area (Å²) in [6.07, 6.45) is 0.767. The molecule has 0 bridgehead atoms. The number of aromatic hydroxyl groups is 1. The van der Waals surface area contributed by atoms with Crippen LogP contribution in [-0.4, -0.2) is 62.7 Å². The summed E-state index contributed by atoms with van der Waals surface area (Å²) >= 11 is 1.55. The predicted molar refractivity (Wildman–Crippen MR) is 104 cm³/mol. The Morgan fingerprint density at radius 2 is 1.85 bits per heavy atom. The second kappa shape index (κ2) is 6.98. The fraction of sp³-hybridized carbons (Fsp3) is 0.474. The van der Waals surface area contributed by atoms with Crippen LogP contribution in [0.1, 0.15) is 34.8 Å². The van der Waals surface area contributed by atoms with Crippen molar-refractivity contribution in [3.05, 3.63) is 46.1 Å². The number of aromatic nitrogens is 3. The number of rotatable bonds is 4. The monoisotopic (exact) mass is 371 g/mol. The summed E-state index contributed by atoms with van der Waals surface area (Å²) in [6, 6.07) is 8.65. The van der Waals surface area contributed by atoms with Gasteiger partial charge in [0.1, 0.15) is 0 Å². The zero-order valence-corrected chi connectivity index (χ0v) is 16.3. The van der Waals surface area contributed by atoms with Crippen LogP contribution in [0.2, 0.25) is 0 Å². The average Bonchev–Trinajstić information content (AvgIpc) is 3.18. The number of fused-ring (bicyclic) bond motifs is 1. The van der Waals surface area contributed by atoms with Crippen LogP contribution < -0.4 is 0 Å². The Balaban J connectivity index is 1.78. The predicted octanol–water partition coefficient (Wildman–Crippen LogP) is 2.70. The maximum absolute atomic E-state index is 10.9. The van der Waals surface area contributed by atoms with Gasteiger partial charge in [0.2, 0.25) is 10.8 Å². The molecular formula is C19H25N5OS. The lowest BCUT2D eigenvalue weighted by Crippen LogP contribution is -2.46. The first-order chi connectivity index (χ1) is 12.6. The van der Waals surface area contributed by atoms with Gasteiger partial charge in [-0.1, -0.05) is 48.1 Å². The minimum absolute atomic E-state index is 0.0304. The van der Waals surface area contributed by atoms with Gasteiger partial charge in [-0.2, -0.15) is 4.52 Å². The highest BCUT2D eigenvalue weighted by molar-refractivity contribution is 7.17. The molecule has 0 amide bonds. The van der Waals surface area contributed by atoms with Crippen LogP contribution in [0.3, 0.4) is 0 Å². The van der Waals surface area contributed by atoms with E-state index in [9.17, 15) is 5.11 Å². The van der Waals surface area contributed by atoms with Crippen LogP contribution in [0, 0.1) is 6.92 Å². The summed E-state index contributed by atoms with van der Waals surface area (Å²) in [6.45, 7) is 8.14. The first kappa shape index (κ1) is 17.5. The minimum atomic E-state index is 0.0304. The Morgan fingerprint density at radius 1 is 1.15 bits per heavy atom. The van der Waals surface area contributed by atoms with Crippen molar-refractivity contribution in [1.29, 1.82) is 0 Å². The molecule has 0 radical (unpaired) electrons. The molecule has 0 unspecified atom stereocenters. The fourth-order valence-electron chi connectivity index (χ4n) is 3.48. The number of nitrogens with zero attached hydrogens (tertiary/aromatic N) is 5. The lowest BCUT2D eigenvalue weighted by Gasteiger charge is -2.37. The average molecular weight is 372 g/mol. The van der Waals surface area contributed by atoms with E-state index in [0.29, 0.717) is 0 Å². The molecule has 0 saturated carbocycles. The molecule has 3 heterocycles.